The van der Waals surface area contributed by atoms with E-state index in [2.05, 4.69) is 5.10 Å². The number of nitrogens with zero attached hydrogens (tertiary/aromatic N) is 3. The largest absolute Gasteiger partial charge is 0.390 e. The van der Waals surface area contributed by atoms with Crippen molar-refractivity contribution in [1.29, 1.82) is 0 Å². The Bertz CT molecular complexity index is 310. The average Bonchev–Trinajstić information content (AvgIpc) is 2.30. The molecule has 0 amide bonds. The molecular formula is C5H5F2N3O2. The number of halogens is 2. The third-order valence-corrected chi connectivity index (χ3v) is 1.28. The molecule has 1 aromatic rings. The summed E-state index contributed by atoms with van der Waals surface area (Å²) in [5.41, 5.74) is 0.0664. The second-order valence-corrected chi connectivity index (χ2v) is 2.12. The first-order chi connectivity index (χ1) is 5.52. The number of aryl methyl sites for hydroxylation is 1. The predicted octanol–water partition coefficient (Wildman–Crippen LogP) is 1.49. The van der Waals surface area contributed by atoms with Crippen molar-refractivity contribution in [2.45, 2.75) is 13.5 Å². The van der Waals surface area contributed by atoms with Crippen LogP contribution < -0.4 is 0 Å². The van der Waals surface area contributed by atoms with E-state index < -0.39 is 17.3 Å². The molecule has 0 fully saturated rings. The molecule has 1 heterocycles. The molecule has 0 spiro atoms. The summed E-state index contributed by atoms with van der Waals surface area (Å²) in [6.07, 6.45) is 0. The Labute approximate surface area is 65.8 Å². The standard InChI is InChI=1S/C5H5F2N3O2/c1-3-2-4(10(11)12)8-9(3)5(6)7/h2,5H,1H3. The lowest BCUT2D eigenvalue weighted by Crippen LogP contribution is -2.02. The van der Waals surface area contributed by atoms with Gasteiger partial charge in [-0.2, -0.15) is 8.78 Å². The van der Waals surface area contributed by atoms with Gasteiger partial charge in [-0.05, 0) is 11.8 Å². The maximum absolute atomic E-state index is 12.0. The summed E-state index contributed by atoms with van der Waals surface area (Å²) in [6.45, 7) is -1.51. The molecule has 7 heteroatoms. The molecule has 0 radical (unpaired) electrons. The first-order valence-corrected chi connectivity index (χ1v) is 3.01. The van der Waals surface area contributed by atoms with Gasteiger partial charge in [0, 0.05) is 0 Å². The van der Waals surface area contributed by atoms with Crippen LogP contribution in [0.5, 0.6) is 0 Å². The number of nitro groups is 1. The molecule has 0 N–H and O–H groups in total. The highest BCUT2D eigenvalue weighted by molar-refractivity contribution is 5.20. The van der Waals surface area contributed by atoms with Crippen LogP contribution in [0.4, 0.5) is 14.6 Å². The third kappa shape index (κ3) is 1.39. The molecule has 12 heavy (non-hydrogen) atoms. The molecule has 0 atom stereocenters. The Kier molecular flexibility index (Phi) is 2.03. The first-order valence-electron chi connectivity index (χ1n) is 3.01. The fraction of sp³-hybridized carbons (Fsp3) is 0.400. The number of rotatable bonds is 2. The van der Waals surface area contributed by atoms with Gasteiger partial charge in [-0.15, -0.1) is 4.68 Å². The van der Waals surface area contributed by atoms with Gasteiger partial charge >= 0.3 is 12.4 Å². The zero-order valence-electron chi connectivity index (χ0n) is 6.07. The fourth-order valence-corrected chi connectivity index (χ4v) is 0.758. The van der Waals surface area contributed by atoms with E-state index in [-0.39, 0.29) is 5.69 Å². The number of alkyl halides is 2. The molecule has 0 unspecified atom stereocenters. The molecule has 0 aliphatic rings. The SMILES string of the molecule is Cc1cc([N+](=O)[O-])nn1C(F)F. The van der Waals surface area contributed by atoms with Crippen LogP contribution in [0.2, 0.25) is 0 Å². The van der Waals surface area contributed by atoms with Crippen LogP contribution in [0.1, 0.15) is 12.2 Å². The van der Waals surface area contributed by atoms with Crippen molar-refractivity contribution >= 4 is 5.82 Å². The van der Waals surface area contributed by atoms with Gasteiger partial charge in [0.25, 0.3) is 0 Å². The lowest BCUT2D eigenvalue weighted by atomic mass is 10.5. The van der Waals surface area contributed by atoms with Crippen LogP contribution >= 0.6 is 0 Å². The zero-order chi connectivity index (χ0) is 9.30. The van der Waals surface area contributed by atoms with Gasteiger partial charge in [-0.1, -0.05) is 0 Å². The topological polar surface area (TPSA) is 61.0 Å². The minimum Gasteiger partial charge on any atom is -0.358 e. The van der Waals surface area contributed by atoms with E-state index >= 15 is 0 Å². The van der Waals surface area contributed by atoms with Gasteiger partial charge in [-0.25, -0.2) is 0 Å². The molecule has 1 rings (SSSR count). The number of aromatic nitrogens is 2. The molecular weight excluding hydrogens is 172 g/mol. The summed E-state index contributed by atoms with van der Waals surface area (Å²) in [5.74, 6) is -0.562. The average molecular weight is 177 g/mol. The molecule has 0 aromatic carbocycles. The van der Waals surface area contributed by atoms with Gasteiger partial charge in [0.15, 0.2) is 0 Å². The third-order valence-electron chi connectivity index (χ3n) is 1.28. The van der Waals surface area contributed by atoms with Gasteiger partial charge in [-0.3, -0.25) is 0 Å². The van der Waals surface area contributed by atoms with Crippen LogP contribution in [0.15, 0.2) is 6.07 Å². The van der Waals surface area contributed by atoms with Crippen LogP contribution in [-0.2, 0) is 0 Å². The van der Waals surface area contributed by atoms with Gasteiger partial charge < -0.3 is 10.1 Å². The Morgan fingerprint density at radius 2 is 2.33 bits per heavy atom. The van der Waals surface area contributed by atoms with Crippen molar-refractivity contribution in [2.24, 2.45) is 0 Å². The minimum absolute atomic E-state index is 0.0664. The Balaban J connectivity index is 3.09. The lowest BCUT2D eigenvalue weighted by Gasteiger charge is -1.93. The Hall–Kier alpha value is -1.53. The van der Waals surface area contributed by atoms with E-state index in [1.54, 1.807) is 0 Å². The maximum atomic E-state index is 12.0. The van der Waals surface area contributed by atoms with E-state index in [9.17, 15) is 18.9 Å². The van der Waals surface area contributed by atoms with E-state index in [0.29, 0.717) is 4.68 Å². The van der Waals surface area contributed by atoms with Crippen molar-refractivity contribution in [3.8, 4) is 0 Å². The molecule has 0 bridgehead atoms. The Morgan fingerprint density at radius 1 is 1.75 bits per heavy atom. The molecule has 0 aliphatic carbocycles. The van der Waals surface area contributed by atoms with Crippen molar-refractivity contribution in [2.75, 3.05) is 0 Å². The Morgan fingerprint density at radius 3 is 2.58 bits per heavy atom. The molecule has 5 nitrogen and oxygen atoms in total. The van der Waals surface area contributed by atoms with E-state index in [1.165, 1.54) is 6.92 Å². The summed E-state index contributed by atoms with van der Waals surface area (Å²) in [6, 6.07) is 0.992. The van der Waals surface area contributed by atoms with E-state index in [4.69, 9.17) is 0 Å². The number of hydrogen-bond donors (Lipinski definition) is 0. The highest BCUT2D eigenvalue weighted by atomic mass is 19.3. The van der Waals surface area contributed by atoms with Gasteiger partial charge in [0.05, 0.1) is 16.9 Å². The number of hydrogen-bond acceptors (Lipinski definition) is 3. The summed E-state index contributed by atoms with van der Waals surface area (Å²) < 4.78 is 24.3. The monoisotopic (exact) mass is 177 g/mol. The maximum Gasteiger partial charge on any atom is 0.390 e. The van der Waals surface area contributed by atoms with Crippen LogP contribution in [0.3, 0.4) is 0 Å². The van der Waals surface area contributed by atoms with E-state index in [0.717, 1.165) is 6.07 Å². The molecule has 0 saturated heterocycles. The molecule has 0 saturated carbocycles. The first kappa shape index (κ1) is 8.57. The summed E-state index contributed by atoms with van der Waals surface area (Å²) in [7, 11) is 0. The second kappa shape index (κ2) is 2.84. The molecule has 0 aliphatic heterocycles. The van der Waals surface area contributed by atoms with Crippen LogP contribution in [0, 0.1) is 17.0 Å². The van der Waals surface area contributed by atoms with Crippen molar-refractivity contribution < 1.29 is 13.7 Å². The van der Waals surface area contributed by atoms with Crippen molar-refractivity contribution in [3.05, 3.63) is 21.9 Å². The quantitative estimate of drug-likeness (QED) is 0.507. The summed E-state index contributed by atoms with van der Waals surface area (Å²) >= 11 is 0. The lowest BCUT2D eigenvalue weighted by molar-refractivity contribution is -0.390. The predicted molar refractivity (Wildman–Crippen MR) is 34.9 cm³/mol. The second-order valence-electron chi connectivity index (χ2n) is 2.12. The van der Waals surface area contributed by atoms with Gasteiger partial charge in [0.1, 0.15) is 0 Å². The van der Waals surface area contributed by atoms with Crippen molar-refractivity contribution in [1.82, 2.24) is 9.78 Å². The summed E-state index contributed by atoms with van der Waals surface area (Å²) in [4.78, 5) is 9.26. The minimum atomic E-state index is -2.83. The van der Waals surface area contributed by atoms with Crippen molar-refractivity contribution in [3.63, 3.8) is 0 Å². The zero-order valence-corrected chi connectivity index (χ0v) is 6.07. The van der Waals surface area contributed by atoms with Crippen LogP contribution in [0.25, 0.3) is 0 Å². The highest BCUT2D eigenvalue weighted by Gasteiger charge is 2.20. The molecule has 66 valence electrons. The van der Waals surface area contributed by atoms with Crippen LogP contribution in [-0.4, -0.2) is 14.7 Å². The van der Waals surface area contributed by atoms with Gasteiger partial charge in [0.2, 0.25) is 0 Å². The smallest absolute Gasteiger partial charge is 0.358 e. The molecule has 1 aromatic heterocycles. The van der Waals surface area contributed by atoms with E-state index in [1.807, 2.05) is 0 Å². The highest BCUT2D eigenvalue weighted by Crippen LogP contribution is 2.17. The fourth-order valence-electron chi connectivity index (χ4n) is 0.758. The normalized spacial score (nSPS) is 10.7. The summed E-state index contributed by atoms with van der Waals surface area (Å²) in [5, 5.41) is 13.2.